The minimum Gasteiger partial charge on any atom is -0.497 e. The number of aromatic nitrogens is 2. The third-order valence-electron chi connectivity index (χ3n) is 5.98. The van der Waals surface area contributed by atoms with Gasteiger partial charge in [0.2, 0.25) is 0 Å². The molecule has 0 fully saturated rings. The molecule has 1 amide bonds. The lowest BCUT2D eigenvalue weighted by atomic mass is 10.0. The molecule has 3 aromatic carbocycles. The van der Waals surface area contributed by atoms with E-state index in [2.05, 4.69) is 5.10 Å². The van der Waals surface area contributed by atoms with E-state index < -0.39 is 0 Å². The number of hydrogen-bond donors (Lipinski definition) is 0. The van der Waals surface area contributed by atoms with Crippen LogP contribution in [-0.4, -0.2) is 36.5 Å². The summed E-state index contributed by atoms with van der Waals surface area (Å²) >= 11 is 0. The Morgan fingerprint density at radius 1 is 0.909 bits per heavy atom. The molecule has 0 saturated carbocycles. The first-order valence-corrected chi connectivity index (χ1v) is 10.8. The van der Waals surface area contributed by atoms with E-state index in [4.69, 9.17) is 9.47 Å². The van der Waals surface area contributed by atoms with E-state index in [1.165, 1.54) is 11.8 Å². The molecule has 0 spiro atoms. The number of methoxy groups -OCH3 is 2. The fourth-order valence-electron chi connectivity index (χ4n) is 4.34. The predicted molar refractivity (Wildman–Crippen MR) is 127 cm³/mol. The summed E-state index contributed by atoms with van der Waals surface area (Å²) in [6, 6.07) is 20.1. The molecule has 0 atom stereocenters. The number of carbonyl (C=O) groups excluding carboxylic acids is 1. The van der Waals surface area contributed by atoms with Crippen LogP contribution in [0.3, 0.4) is 0 Å². The van der Waals surface area contributed by atoms with Gasteiger partial charge in [0.15, 0.2) is 5.69 Å². The molecule has 1 aromatic heterocycles. The Morgan fingerprint density at radius 2 is 1.67 bits per heavy atom. The molecule has 0 saturated heterocycles. The average Bonchev–Trinajstić information content (AvgIpc) is 2.88. The second-order valence-electron chi connectivity index (χ2n) is 7.84. The molecule has 33 heavy (non-hydrogen) atoms. The van der Waals surface area contributed by atoms with Crippen LogP contribution in [0, 0.1) is 0 Å². The van der Waals surface area contributed by atoms with Gasteiger partial charge in [-0.05, 0) is 42.7 Å². The van der Waals surface area contributed by atoms with Gasteiger partial charge in [0.1, 0.15) is 17.2 Å². The second kappa shape index (κ2) is 8.43. The van der Waals surface area contributed by atoms with E-state index in [0.717, 1.165) is 24.1 Å². The Kier molecular flexibility index (Phi) is 5.30. The summed E-state index contributed by atoms with van der Waals surface area (Å²) in [5, 5.41) is 5.52. The third-order valence-corrected chi connectivity index (χ3v) is 5.98. The number of benzene rings is 3. The lowest BCUT2D eigenvalue weighted by molar-refractivity contribution is 0.0980. The van der Waals surface area contributed by atoms with Crippen LogP contribution in [0.2, 0.25) is 0 Å². The summed E-state index contributed by atoms with van der Waals surface area (Å²) in [6.45, 7) is 0.594. The number of aryl methyl sites for hydroxylation is 1. The van der Waals surface area contributed by atoms with Crippen molar-refractivity contribution < 1.29 is 14.3 Å². The number of amides is 1. The fourth-order valence-corrected chi connectivity index (χ4v) is 4.34. The molecule has 1 aliphatic rings. The highest BCUT2D eigenvalue weighted by atomic mass is 16.5. The Hall–Kier alpha value is -4.13. The zero-order valence-corrected chi connectivity index (χ0v) is 18.4. The first-order chi connectivity index (χ1) is 16.1. The van der Waals surface area contributed by atoms with Crippen LogP contribution in [0.15, 0.2) is 71.5 Å². The van der Waals surface area contributed by atoms with E-state index in [0.29, 0.717) is 34.5 Å². The van der Waals surface area contributed by atoms with Crippen molar-refractivity contribution in [2.24, 2.45) is 0 Å². The Bertz CT molecular complexity index is 1430. The first-order valence-electron chi connectivity index (χ1n) is 10.8. The van der Waals surface area contributed by atoms with Crippen molar-refractivity contribution >= 4 is 22.4 Å². The standard InChI is InChI=1S/C26H23N3O4/c1-32-18-13-14-22(23(16-18)33-2)29-25(30)20-11-5-4-10-19(20)24(27-29)26(31)28-15-7-9-17-8-3-6-12-21(17)28/h3-6,8,10-14,16H,7,9,15H2,1-2H3. The van der Waals surface area contributed by atoms with Crippen molar-refractivity contribution in [3.8, 4) is 17.2 Å². The zero-order chi connectivity index (χ0) is 22.9. The lowest BCUT2D eigenvalue weighted by Gasteiger charge is -2.29. The number of anilines is 1. The van der Waals surface area contributed by atoms with Crippen LogP contribution in [0.4, 0.5) is 5.69 Å². The molecule has 7 heteroatoms. The van der Waals surface area contributed by atoms with Gasteiger partial charge >= 0.3 is 0 Å². The Balaban J connectivity index is 1.72. The molecule has 7 nitrogen and oxygen atoms in total. The van der Waals surface area contributed by atoms with Crippen molar-refractivity contribution in [2.75, 3.05) is 25.7 Å². The maximum Gasteiger partial charge on any atom is 0.279 e. The topological polar surface area (TPSA) is 73.7 Å². The van der Waals surface area contributed by atoms with Gasteiger partial charge in [-0.2, -0.15) is 9.78 Å². The molecular formula is C26H23N3O4. The smallest absolute Gasteiger partial charge is 0.279 e. The van der Waals surface area contributed by atoms with Crippen LogP contribution in [0.5, 0.6) is 11.5 Å². The summed E-state index contributed by atoms with van der Waals surface area (Å²) in [6.07, 6.45) is 1.79. The maximum atomic E-state index is 13.8. The highest BCUT2D eigenvalue weighted by molar-refractivity contribution is 6.12. The van der Waals surface area contributed by atoms with Crippen LogP contribution < -0.4 is 19.9 Å². The van der Waals surface area contributed by atoms with Crippen molar-refractivity contribution in [3.05, 3.63) is 88.3 Å². The Labute approximate surface area is 190 Å². The van der Waals surface area contributed by atoms with E-state index >= 15 is 0 Å². The minimum absolute atomic E-state index is 0.222. The van der Waals surface area contributed by atoms with E-state index in [1.54, 1.807) is 48.4 Å². The molecule has 0 radical (unpaired) electrons. The quantitative estimate of drug-likeness (QED) is 0.479. The van der Waals surface area contributed by atoms with Crippen LogP contribution >= 0.6 is 0 Å². The van der Waals surface area contributed by atoms with Gasteiger partial charge < -0.3 is 14.4 Å². The largest absolute Gasteiger partial charge is 0.497 e. The summed E-state index contributed by atoms with van der Waals surface area (Å²) in [5.41, 5.74) is 2.34. The van der Waals surface area contributed by atoms with Crippen LogP contribution in [0.25, 0.3) is 16.5 Å². The van der Waals surface area contributed by atoms with E-state index in [1.807, 2.05) is 30.3 Å². The van der Waals surface area contributed by atoms with Crippen molar-refractivity contribution in [1.29, 1.82) is 0 Å². The SMILES string of the molecule is COc1ccc(-n2nc(C(=O)N3CCCc4ccccc43)c3ccccc3c2=O)c(OC)c1. The van der Waals surface area contributed by atoms with Gasteiger partial charge in [-0.1, -0.05) is 36.4 Å². The molecule has 5 rings (SSSR count). The summed E-state index contributed by atoms with van der Waals surface area (Å²) in [4.78, 5) is 29.0. The molecule has 4 aromatic rings. The van der Waals surface area contributed by atoms with E-state index in [-0.39, 0.29) is 17.2 Å². The summed E-state index contributed by atoms with van der Waals surface area (Å²) in [7, 11) is 3.07. The number of para-hydroxylation sites is 1. The summed E-state index contributed by atoms with van der Waals surface area (Å²) in [5.74, 6) is 0.770. The molecule has 166 valence electrons. The fraction of sp³-hybridized carbons (Fsp3) is 0.192. The number of ether oxygens (including phenoxy) is 2. The van der Waals surface area contributed by atoms with Crippen molar-refractivity contribution in [2.45, 2.75) is 12.8 Å². The van der Waals surface area contributed by atoms with Crippen molar-refractivity contribution in [3.63, 3.8) is 0 Å². The number of hydrogen-bond acceptors (Lipinski definition) is 5. The maximum absolute atomic E-state index is 13.8. The number of carbonyl (C=O) groups is 1. The van der Waals surface area contributed by atoms with Gasteiger partial charge in [-0.25, -0.2) is 0 Å². The second-order valence-corrected chi connectivity index (χ2v) is 7.84. The monoisotopic (exact) mass is 441 g/mol. The van der Waals surface area contributed by atoms with Gasteiger partial charge in [-0.15, -0.1) is 0 Å². The normalized spacial score (nSPS) is 13.0. The molecule has 0 unspecified atom stereocenters. The molecule has 0 aliphatic carbocycles. The number of fused-ring (bicyclic) bond motifs is 2. The minimum atomic E-state index is -0.329. The van der Waals surface area contributed by atoms with E-state index in [9.17, 15) is 9.59 Å². The molecule has 0 N–H and O–H groups in total. The number of nitrogens with zero attached hydrogens (tertiary/aromatic N) is 3. The molecule has 2 heterocycles. The summed E-state index contributed by atoms with van der Waals surface area (Å²) < 4.78 is 12.0. The lowest BCUT2D eigenvalue weighted by Crippen LogP contribution is -2.37. The van der Waals surface area contributed by atoms with Crippen molar-refractivity contribution in [1.82, 2.24) is 9.78 Å². The van der Waals surface area contributed by atoms with Gasteiger partial charge in [0.05, 0.1) is 19.6 Å². The molecule has 1 aliphatic heterocycles. The molecular weight excluding hydrogens is 418 g/mol. The first kappa shape index (κ1) is 20.8. The predicted octanol–water partition coefficient (Wildman–Crippen LogP) is 4.00. The molecule has 0 bridgehead atoms. The average molecular weight is 441 g/mol. The highest BCUT2D eigenvalue weighted by Gasteiger charge is 2.27. The highest BCUT2D eigenvalue weighted by Crippen LogP contribution is 2.30. The van der Waals surface area contributed by atoms with Crippen LogP contribution in [-0.2, 0) is 6.42 Å². The van der Waals surface area contributed by atoms with Gasteiger partial charge in [0.25, 0.3) is 11.5 Å². The zero-order valence-electron chi connectivity index (χ0n) is 18.4. The van der Waals surface area contributed by atoms with Crippen LogP contribution in [0.1, 0.15) is 22.5 Å². The Morgan fingerprint density at radius 3 is 2.45 bits per heavy atom. The van der Waals surface area contributed by atoms with Gasteiger partial charge in [-0.3, -0.25) is 9.59 Å². The third kappa shape index (κ3) is 3.51. The van der Waals surface area contributed by atoms with Gasteiger partial charge in [0, 0.05) is 23.7 Å². The number of rotatable bonds is 4.